The summed E-state index contributed by atoms with van der Waals surface area (Å²) in [5, 5.41) is 3.02. The molecule has 7 nitrogen and oxygen atoms in total. The summed E-state index contributed by atoms with van der Waals surface area (Å²) in [5.74, 6) is 0.544. The molecule has 4 rings (SSSR count). The normalized spacial score (nSPS) is 16.8. The van der Waals surface area contributed by atoms with Gasteiger partial charge in [-0.05, 0) is 37.4 Å². The summed E-state index contributed by atoms with van der Waals surface area (Å²) in [6.45, 7) is 10.4. The van der Waals surface area contributed by atoms with Gasteiger partial charge in [0.1, 0.15) is 17.3 Å². The first-order valence-electron chi connectivity index (χ1n) is 12.6. The highest BCUT2D eigenvalue weighted by atomic mass is 19.4. The number of carbonyl (C=O) groups is 1. The third kappa shape index (κ3) is 6.27. The molecule has 0 bridgehead atoms. The number of rotatable bonds is 6. The van der Waals surface area contributed by atoms with Gasteiger partial charge in [-0.3, -0.25) is 9.80 Å². The minimum Gasteiger partial charge on any atom is -0.354 e. The Morgan fingerprint density at radius 1 is 1.00 bits per heavy atom. The van der Waals surface area contributed by atoms with E-state index in [0.29, 0.717) is 32.0 Å². The number of piperazine rings is 1. The molecule has 0 saturated carbocycles. The van der Waals surface area contributed by atoms with Crippen molar-refractivity contribution >= 4 is 17.5 Å². The van der Waals surface area contributed by atoms with Crippen LogP contribution in [0.25, 0.3) is 0 Å². The largest absolute Gasteiger partial charge is 0.433 e. The average Bonchev–Trinajstić information content (AvgIpc) is 3.27. The SMILES string of the molecule is CC(C)(C)c1nc(N2CCN(CCCCNC(=O)N3CCc4ccccc43)CC2)cc(C(F)(F)F)n1. The van der Waals surface area contributed by atoms with Gasteiger partial charge < -0.3 is 10.2 Å². The number of nitrogens with zero attached hydrogens (tertiary/aromatic N) is 5. The van der Waals surface area contributed by atoms with Gasteiger partial charge in [0.25, 0.3) is 0 Å². The zero-order valence-electron chi connectivity index (χ0n) is 21.2. The van der Waals surface area contributed by atoms with E-state index in [1.54, 1.807) is 4.90 Å². The van der Waals surface area contributed by atoms with Gasteiger partial charge in [-0.25, -0.2) is 14.8 Å². The van der Waals surface area contributed by atoms with Crippen LogP contribution in [0, 0.1) is 0 Å². The Labute approximate surface area is 210 Å². The Balaban J connectivity index is 1.21. The van der Waals surface area contributed by atoms with Crippen LogP contribution in [0.5, 0.6) is 0 Å². The second-order valence-corrected chi connectivity index (χ2v) is 10.5. The minimum absolute atomic E-state index is 0.0498. The molecule has 196 valence electrons. The summed E-state index contributed by atoms with van der Waals surface area (Å²) in [4.78, 5) is 26.8. The summed E-state index contributed by atoms with van der Waals surface area (Å²) in [5.41, 5.74) is 0.733. The number of halogens is 3. The smallest absolute Gasteiger partial charge is 0.354 e. The van der Waals surface area contributed by atoms with Gasteiger partial charge in [-0.2, -0.15) is 13.2 Å². The summed E-state index contributed by atoms with van der Waals surface area (Å²) < 4.78 is 40.3. The van der Waals surface area contributed by atoms with Crippen LogP contribution in [0.3, 0.4) is 0 Å². The molecule has 0 aliphatic carbocycles. The van der Waals surface area contributed by atoms with E-state index in [9.17, 15) is 18.0 Å². The van der Waals surface area contributed by atoms with Crippen molar-refractivity contribution in [2.75, 3.05) is 55.6 Å². The quantitative estimate of drug-likeness (QED) is 0.589. The number of para-hydroxylation sites is 1. The van der Waals surface area contributed by atoms with Gasteiger partial charge >= 0.3 is 12.2 Å². The molecule has 2 aliphatic heterocycles. The molecule has 0 unspecified atom stereocenters. The number of benzene rings is 1. The molecule has 3 heterocycles. The summed E-state index contributed by atoms with van der Waals surface area (Å²) in [7, 11) is 0. The molecule has 36 heavy (non-hydrogen) atoms. The van der Waals surface area contributed by atoms with Gasteiger partial charge in [0, 0.05) is 56.4 Å². The zero-order chi connectivity index (χ0) is 25.9. The lowest BCUT2D eigenvalue weighted by Crippen LogP contribution is -2.47. The zero-order valence-corrected chi connectivity index (χ0v) is 21.2. The Bertz CT molecular complexity index is 1030. The summed E-state index contributed by atoms with van der Waals surface area (Å²) >= 11 is 0. The molecule has 0 radical (unpaired) electrons. The van der Waals surface area contributed by atoms with Gasteiger partial charge in [0.2, 0.25) is 0 Å². The number of fused-ring (bicyclic) bond motifs is 1. The van der Waals surface area contributed by atoms with Gasteiger partial charge in [0.05, 0.1) is 0 Å². The van der Waals surface area contributed by atoms with E-state index >= 15 is 0 Å². The van der Waals surface area contributed by atoms with E-state index in [1.165, 1.54) is 5.56 Å². The van der Waals surface area contributed by atoms with Crippen molar-refractivity contribution in [3.63, 3.8) is 0 Å². The Morgan fingerprint density at radius 2 is 1.72 bits per heavy atom. The minimum atomic E-state index is -4.51. The van der Waals surface area contributed by atoms with E-state index in [-0.39, 0.29) is 11.9 Å². The van der Waals surface area contributed by atoms with Crippen LogP contribution >= 0.6 is 0 Å². The highest BCUT2D eigenvalue weighted by Gasteiger charge is 2.36. The predicted octanol–water partition coefficient (Wildman–Crippen LogP) is 4.47. The lowest BCUT2D eigenvalue weighted by Gasteiger charge is -2.36. The highest BCUT2D eigenvalue weighted by Crippen LogP contribution is 2.32. The number of alkyl halides is 3. The Morgan fingerprint density at radius 3 is 2.42 bits per heavy atom. The number of hydrogen-bond donors (Lipinski definition) is 1. The van der Waals surface area contributed by atoms with E-state index in [4.69, 9.17) is 0 Å². The van der Waals surface area contributed by atoms with Crippen molar-refractivity contribution in [1.29, 1.82) is 0 Å². The Hall–Kier alpha value is -2.88. The monoisotopic (exact) mass is 504 g/mol. The Kier molecular flexibility index (Phi) is 7.73. The molecule has 1 aromatic carbocycles. The van der Waals surface area contributed by atoms with Crippen molar-refractivity contribution in [3.05, 3.63) is 47.4 Å². The molecular formula is C26H35F3N6O. The number of carbonyl (C=O) groups excluding carboxylic acids is 1. The van der Waals surface area contributed by atoms with E-state index in [2.05, 4.69) is 26.3 Å². The fourth-order valence-electron chi connectivity index (χ4n) is 4.58. The van der Waals surface area contributed by atoms with Crippen LogP contribution < -0.4 is 15.1 Å². The lowest BCUT2D eigenvalue weighted by molar-refractivity contribution is -0.141. The fourth-order valence-corrected chi connectivity index (χ4v) is 4.58. The van der Waals surface area contributed by atoms with Crippen LogP contribution in [0.4, 0.5) is 29.5 Å². The number of nitrogens with one attached hydrogen (secondary N) is 1. The lowest BCUT2D eigenvalue weighted by atomic mass is 9.95. The molecule has 1 saturated heterocycles. The molecule has 2 amide bonds. The molecule has 1 N–H and O–H groups in total. The maximum Gasteiger partial charge on any atom is 0.433 e. The molecule has 1 aromatic heterocycles. The first kappa shape index (κ1) is 26.2. The first-order chi connectivity index (χ1) is 17.0. The van der Waals surface area contributed by atoms with Crippen molar-refractivity contribution in [2.24, 2.45) is 0 Å². The molecule has 2 aromatic rings. The van der Waals surface area contributed by atoms with Crippen molar-refractivity contribution in [2.45, 2.75) is 51.6 Å². The van der Waals surface area contributed by atoms with Crippen LogP contribution in [-0.4, -0.2) is 66.7 Å². The van der Waals surface area contributed by atoms with Crippen molar-refractivity contribution in [1.82, 2.24) is 20.2 Å². The van der Waals surface area contributed by atoms with Gasteiger partial charge in [-0.1, -0.05) is 39.0 Å². The van der Waals surface area contributed by atoms with Gasteiger partial charge in [0.15, 0.2) is 0 Å². The second kappa shape index (κ2) is 10.6. The van der Waals surface area contributed by atoms with Crippen molar-refractivity contribution in [3.8, 4) is 0 Å². The van der Waals surface area contributed by atoms with Crippen LogP contribution in [-0.2, 0) is 18.0 Å². The molecule has 0 atom stereocenters. The topological polar surface area (TPSA) is 64.6 Å². The highest BCUT2D eigenvalue weighted by molar-refractivity contribution is 5.94. The molecule has 1 fully saturated rings. The van der Waals surface area contributed by atoms with E-state index < -0.39 is 17.3 Å². The second-order valence-electron chi connectivity index (χ2n) is 10.5. The van der Waals surface area contributed by atoms with Gasteiger partial charge in [-0.15, -0.1) is 0 Å². The van der Waals surface area contributed by atoms with E-state index in [0.717, 1.165) is 50.7 Å². The summed E-state index contributed by atoms with van der Waals surface area (Å²) in [6.07, 6.45) is -1.80. The number of amides is 2. The maximum atomic E-state index is 13.4. The van der Waals surface area contributed by atoms with Crippen LogP contribution in [0.1, 0.15) is 50.7 Å². The standard InChI is InChI=1S/C26H35F3N6O/c1-25(2,3)23-31-21(26(27,28)29)18-22(32-23)34-16-14-33(15-17-34)12-7-6-11-30-24(36)35-13-10-19-8-4-5-9-20(19)35/h4-5,8-9,18H,6-7,10-17H2,1-3H3,(H,30,36). The molecule has 2 aliphatic rings. The third-order valence-corrected chi connectivity index (χ3v) is 6.68. The number of urea groups is 1. The number of anilines is 2. The molecule has 10 heteroatoms. The maximum absolute atomic E-state index is 13.4. The number of unbranched alkanes of at least 4 members (excludes halogenated alkanes) is 1. The van der Waals surface area contributed by atoms with Crippen molar-refractivity contribution < 1.29 is 18.0 Å². The first-order valence-corrected chi connectivity index (χ1v) is 12.6. The number of hydrogen-bond acceptors (Lipinski definition) is 5. The third-order valence-electron chi connectivity index (χ3n) is 6.68. The van der Waals surface area contributed by atoms with Crippen LogP contribution in [0.2, 0.25) is 0 Å². The molecule has 0 spiro atoms. The fraction of sp³-hybridized carbons (Fsp3) is 0.577. The van der Waals surface area contributed by atoms with Crippen LogP contribution in [0.15, 0.2) is 30.3 Å². The summed E-state index contributed by atoms with van der Waals surface area (Å²) in [6, 6.07) is 9.01. The average molecular weight is 505 g/mol. The van der Waals surface area contributed by atoms with E-state index in [1.807, 2.05) is 43.9 Å². The predicted molar refractivity (Wildman–Crippen MR) is 135 cm³/mol. The number of aromatic nitrogens is 2. The molecular weight excluding hydrogens is 469 g/mol.